The summed E-state index contributed by atoms with van der Waals surface area (Å²) in [4.78, 5) is 2.56. The van der Waals surface area contributed by atoms with Gasteiger partial charge in [0.1, 0.15) is 0 Å². The number of likely N-dealkylation sites (tertiary alicyclic amines) is 1. The van der Waals surface area contributed by atoms with Crippen LogP contribution in [0.4, 0.5) is 0 Å². The first kappa shape index (κ1) is 12.0. The number of rotatable bonds is 3. The van der Waals surface area contributed by atoms with Crippen LogP contribution >= 0.6 is 0 Å². The van der Waals surface area contributed by atoms with Gasteiger partial charge in [0.05, 0.1) is 0 Å². The van der Waals surface area contributed by atoms with Crippen molar-refractivity contribution in [3.8, 4) is 0 Å². The van der Waals surface area contributed by atoms with Crippen molar-refractivity contribution in [3.05, 3.63) is 0 Å². The maximum atomic E-state index is 5.52. The van der Waals surface area contributed by atoms with E-state index in [2.05, 4.69) is 25.7 Å². The maximum absolute atomic E-state index is 5.52. The Morgan fingerprint density at radius 3 is 2.21 bits per heavy atom. The Bertz CT molecular complexity index is 152. The molecule has 0 radical (unpaired) electrons. The molecule has 0 aliphatic carbocycles. The van der Waals surface area contributed by atoms with Gasteiger partial charge in [0.25, 0.3) is 0 Å². The highest BCUT2D eigenvalue weighted by molar-refractivity contribution is 4.80. The monoisotopic (exact) mass is 198 g/mol. The van der Waals surface area contributed by atoms with Crippen LogP contribution in [-0.2, 0) is 0 Å². The number of hydrogen-bond donors (Lipinski definition) is 1. The lowest BCUT2D eigenvalue weighted by Gasteiger charge is -2.38. The van der Waals surface area contributed by atoms with Gasteiger partial charge in [-0.15, -0.1) is 0 Å². The summed E-state index contributed by atoms with van der Waals surface area (Å²) < 4.78 is 0. The summed E-state index contributed by atoms with van der Waals surface area (Å²) in [5.74, 6) is 0.914. The van der Waals surface area contributed by atoms with Crippen molar-refractivity contribution >= 4 is 0 Å². The smallest absolute Gasteiger partial charge is 0.000671 e. The fourth-order valence-electron chi connectivity index (χ4n) is 2.34. The highest BCUT2D eigenvalue weighted by atomic mass is 15.1. The Morgan fingerprint density at radius 1 is 1.21 bits per heavy atom. The van der Waals surface area contributed by atoms with Gasteiger partial charge in [-0.25, -0.2) is 0 Å². The molecule has 0 saturated carbocycles. The van der Waals surface area contributed by atoms with Gasteiger partial charge in [0.15, 0.2) is 0 Å². The zero-order chi connectivity index (χ0) is 10.6. The van der Waals surface area contributed by atoms with Crippen LogP contribution in [0.5, 0.6) is 0 Å². The van der Waals surface area contributed by atoms with Crippen LogP contribution in [-0.4, -0.2) is 31.1 Å². The van der Waals surface area contributed by atoms with Crippen LogP contribution in [0.2, 0.25) is 0 Å². The Labute approximate surface area is 88.8 Å². The van der Waals surface area contributed by atoms with Gasteiger partial charge in [-0.2, -0.15) is 0 Å². The summed E-state index contributed by atoms with van der Waals surface area (Å²) in [6.45, 7) is 11.7. The largest absolute Gasteiger partial charge is 0.330 e. The van der Waals surface area contributed by atoms with E-state index < -0.39 is 0 Å². The SMILES string of the molecule is CC(C)(C)C1CCN(CCCN)CC1. The molecule has 14 heavy (non-hydrogen) atoms. The van der Waals surface area contributed by atoms with Crippen LogP contribution in [0.1, 0.15) is 40.0 Å². The molecular formula is C12H26N2. The Hall–Kier alpha value is -0.0800. The zero-order valence-corrected chi connectivity index (χ0v) is 10.1. The molecule has 1 rings (SSSR count). The zero-order valence-electron chi connectivity index (χ0n) is 10.1. The van der Waals surface area contributed by atoms with E-state index in [1.165, 1.54) is 32.5 Å². The molecule has 0 aromatic rings. The van der Waals surface area contributed by atoms with Crippen molar-refractivity contribution in [1.82, 2.24) is 4.90 Å². The van der Waals surface area contributed by atoms with E-state index in [0.717, 1.165) is 18.9 Å². The number of piperidine rings is 1. The standard InChI is InChI=1S/C12H26N2/c1-12(2,3)11-5-9-14(10-6-11)8-4-7-13/h11H,4-10,13H2,1-3H3. The summed E-state index contributed by atoms with van der Waals surface area (Å²) in [6, 6.07) is 0. The fourth-order valence-corrected chi connectivity index (χ4v) is 2.34. The molecular weight excluding hydrogens is 172 g/mol. The fraction of sp³-hybridized carbons (Fsp3) is 1.00. The lowest BCUT2D eigenvalue weighted by Crippen LogP contribution is -2.38. The first-order chi connectivity index (χ1) is 6.54. The third-order valence-electron chi connectivity index (χ3n) is 3.49. The van der Waals surface area contributed by atoms with E-state index in [1.54, 1.807) is 0 Å². The van der Waals surface area contributed by atoms with Crippen molar-refractivity contribution in [3.63, 3.8) is 0 Å². The third-order valence-corrected chi connectivity index (χ3v) is 3.49. The minimum atomic E-state index is 0.500. The van der Waals surface area contributed by atoms with E-state index >= 15 is 0 Å². The second-order valence-corrected chi connectivity index (χ2v) is 5.62. The molecule has 2 N–H and O–H groups in total. The van der Waals surface area contributed by atoms with E-state index in [1.807, 2.05) is 0 Å². The molecule has 1 aliphatic rings. The molecule has 0 aromatic carbocycles. The average molecular weight is 198 g/mol. The van der Waals surface area contributed by atoms with Crippen LogP contribution < -0.4 is 5.73 Å². The first-order valence-corrected chi connectivity index (χ1v) is 5.96. The summed E-state index contributed by atoms with van der Waals surface area (Å²) in [5.41, 5.74) is 6.02. The molecule has 1 aliphatic heterocycles. The summed E-state index contributed by atoms with van der Waals surface area (Å²) >= 11 is 0. The molecule has 1 fully saturated rings. The molecule has 0 unspecified atom stereocenters. The van der Waals surface area contributed by atoms with Crippen molar-refractivity contribution in [2.45, 2.75) is 40.0 Å². The summed E-state index contributed by atoms with van der Waals surface area (Å²) in [5, 5.41) is 0. The number of hydrogen-bond acceptors (Lipinski definition) is 2. The molecule has 2 heteroatoms. The lowest BCUT2D eigenvalue weighted by atomic mass is 9.75. The number of nitrogens with zero attached hydrogens (tertiary/aromatic N) is 1. The van der Waals surface area contributed by atoms with Crippen LogP contribution in [0, 0.1) is 11.3 Å². The van der Waals surface area contributed by atoms with Gasteiger partial charge in [0, 0.05) is 0 Å². The van der Waals surface area contributed by atoms with Crippen LogP contribution in [0.15, 0.2) is 0 Å². The third kappa shape index (κ3) is 3.58. The van der Waals surface area contributed by atoms with Crippen molar-refractivity contribution in [2.75, 3.05) is 26.2 Å². The molecule has 1 heterocycles. The van der Waals surface area contributed by atoms with Crippen LogP contribution in [0.25, 0.3) is 0 Å². The Balaban J connectivity index is 2.24. The Morgan fingerprint density at radius 2 is 1.79 bits per heavy atom. The van der Waals surface area contributed by atoms with Crippen molar-refractivity contribution in [2.24, 2.45) is 17.1 Å². The number of nitrogens with two attached hydrogens (primary N) is 1. The van der Waals surface area contributed by atoms with Gasteiger partial charge < -0.3 is 10.6 Å². The van der Waals surface area contributed by atoms with E-state index in [4.69, 9.17) is 5.73 Å². The van der Waals surface area contributed by atoms with Gasteiger partial charge in [-0.05, 0) is 56.8 Å². The molecule has 0 spiro atoms. The van der Waals surface area contributed by atoms with Crippen molar-refractivity contribution < 1.29 is 0 Å². The quantitative estimate of drug-likeness (QED) is 0.752. The molecule has 0 bridgehead atoms. The van der Waals surface area contributed by atoms with Crippen LogP contribution in [0.3, 0.4) is 0 Å². The van der Waals surface area contributed by atoms with Crippen molar-refractivity contribution in [1.29, 1.82) is 0 Å². The normalized spacial score (nSPS) is 21.4. The maximum Gasteiger partial charge on any atom is -0.000671 e. The average Bonchev–Trinajstić information content (AvgIpc) is 2.14. The second-order valence-electron chi connectivity index (χ2n) is 5.62. The summed E-state index contributed by atoms with van der Waals surface area (Å²) in [6.07, 6.45) is 3.89. The molecule has 0 aromatic heterocycles. The van der Waals surface area contributed by atoms with Gasteiger partial charge in [-0.3, -0.25) is 0 Å². The minimum Gasteiger partial charge on any atom is -0.330 e. The van der Waals surface area contributed by atoms with E-state index in [0.29, 0.717) is 5.41 Å². The van der Waals surface area contributed by atoms with Gasteiger partial charge >= 0.3 is 0 Å². The highest BCUT2D eigenvalue weighted by Gasteiger charge is 2.28. The predicted octanol–water partition coefficient (Wildman–Crippen LogP) is 2.09. The molecule has 0 amide bonds. The molecule has 2 nitrogen and oxygen atoms in total. The highest BCUT2D eigenvalue weighted by Crippen LogP contribution is 2.34. The topological polar surface area (TPSA) is 29.3 Å². The van der Waals surface area contributed by atoms with Gasteiger partial charge in [-0.1, -0.05) is 20.8 Å². The molecule has 84 valence electrons. The summed E-state index contributed by atoms with van der Waals surface area (Å²) in [7, 11) is 0. The second kappa shape index (κ2) is 5.13. The minimum absolute atomic E-state index is 0.500. The molecule has 0 atom stereocenters. The first-order valence-electron chi connectivity index (χ1n) is 5.96. The Kier molecular flexibility index (Phi) is 4.39. The van der Waals surface area contributed by atoms with E-state index in [9.17, 15) is 0 Å². The lowest BCUT2D eigenvalue weighted by molar-refractivity contribution is 0.112. The van der Waals surface area contributed by atoms with Gasteiger partial charge in [0.2, 0.25) is 0 Å². The molecule has 1 saturated heterocycles. The van der Waals surface area contributed by atoms with E-state index in [-0.39, 0.29) is 0 Å². The predicted molar refractivity (Wildman–Crippen MR) is 62.3 cm³/mol.